The number of nitrogens with zero attached hydrogens (tertiary/aromatic N) is 2. The summed E-state index contributed by atoms with van der Waals surface area (Å²) in [6.45, 7) is 3.79. The maximum absolute atomic E-state index is 13.5. The first-order valence-corrected chi connectivity index (χ1v) is 13.7. The number of ether oxygens (including phenoxy) is 2. The van der Waals surface area contributed by atoms with Gasteiger partial charge in [-0.15, -0.1) is 0 Å². The van der Waals surface area contributed by atoms with E-state index >= 15 is 0 Å². The van der Waals surface area contributed by atoms with Gasteiger partial charge in [0.1, 0.15) is 5.75 Å². The molecule has 1 fully saturated rings. The predicted molar refractivity (Wildman–Crippen MR) is 138 cm³/mol. The van der Waals surface area contributed by atoms with Crippen LogP contribution in [0.4, 0.5) is 13.2 Å². The van der Waals surface area contributed by atoms with Crippen LogP contribution in [0.2, 0.25) is 0 Å². The van der Waals surface area contributed by atoms with Crippen LogP contribution < -0.4 is 4.74 Å². The first-order valence-electron chi connectivity index (χ1n) is 12.3. The molecular formula is C28H31F3N2O4S. The number of hydrogen-bond donors (Lipinski definition) is 0. The van der Waals surface area contributed by atoms with Crippen molar-refractivity contribution < 1.29 is 31.1 Å². The van der Waals surface area contributed by atoms with Crippen molar-refractivity contribution in [2.75, 3.05) is 39.8 Å². The zero-order valence-electron chi connectivity index (χ0n) is 21.3. The van der Waals surface area contributed by atoms with Crippen LogP contribution in [0.3, 0.4) is 0 Å². The van der Waals surface area contributed by atoms with E-state index in [1.807, 2.05) is 55.5 Å². The topological polar surface area (TPSA) is 59.1 Å². The monoisotopic (exact) mass is 548 g/mol. The Bertz CT molecular complexity index is 1320. The number of benzene rings is 3. The normalized spacial score (nSPS) is 16.3. The van der Waals surface area contributed by atoms with E-state index in [4.69, 9.17) is 9.47 Å². The number of methoxy groups -OCH3 is 1. The first-order chi connectivity index (χ1) is 18.1. The number of piperazine rings is 1. The summed E-state index contributed by atoms with van der Waals surface area (Å²) in [5, 5.41) is 0. The summed E-state index contributed by atoms with van der Waals surface area (Å²) in [4.78, 5) is 1.36. The third-order valence-electron chi connectivity index (χ3n) is 6.60. The molecule has 1 aliphatic rings. The van der Waals surface area contributed by atoms with E-state index in [1.165, 1.54) is 12.1 Å². The SMILES string of the molecule is COc1cccc([C@H](CN2CCN(S(=O)(=O)c3ccccc3C(F)(F)F)CC2)OCc2ccc(C)cc2)c1. The second-order valence-electron chi connectivity index (χ2n) is 9.26. The van der Waals surface area contributed by atoms with Crippen molar-refractivity contribution in [3.05, 3.63) is 95.1 Å². The van der Waals surface area contributed by atoms with Crippen LogP contribution in [-0.4, -0.2) is 57.5 Å². The zero-order valence-corrected chi connectivity index (χ0v) is 22.1. The molecule has 0 aromatic heterocycles. The molecule has 6 nitrogen and oxygen atoms in total. The van der Waals surface area contributed by atoms with Gasteiger partial charge in [0.25, 0.3) is 0 Å². The average molecular weight is 549 g/mol. The Balaban J connectivity index is 1.46. The van der Waals surface area contributed by atoms with Crippen LogP contribution >= 0.6 is 0 Å². The Morgan fingerprint density at radius 1 is 0.921 bits per heavy atom. The molecular weight excluding hydrogens is 517 g/mol. The van der Waals surface area contributed by atoms with Crippen LogP contribution in [0.5, 0.6) is 5.75 Å². The van der Waals surface area contributed by atoms with Gasteiger partial charge in [0.15, 0.2) is 0 Å². The van der Waals surface area contributed by atoms with Crippen molar-refractivity contribution >= 4 is 10.0 Å². The molecule has 1 heterocycles. The fourth-order valence-electron chi connectivity index (χ4n) is 4.43. The molecule has 1 aliphatic heterocycles. The molecule has 0 bridgehead atoms. The highest BCUT2D eigenvalue weighted by molar-refractivity contribution is 7.89. The molecule has 0 unspecified atom stereocenters. The van der Waals surface area contributed by atoms with E-state index in [0.29, 0.717) is 32.0 Å². The second kappa shape index (κ2) is 11.9. The van der Waals surface area contributed by atoms with Gasteiger partial charge in [0.05, 0.1) is 30.3 Å². The van der Waals surface area contributed by atoms with E-state index in [-0.39, 0.29) is 19.2 Å². The molecule has 1 atom stereocenters. The Labute approximate surface area is 221 Å². The number of sulfonamides is 1. The highest BCUT2D eigenvalue weighted by Gasteiger charge is 2.39. The lowest BCUT2D eigenvalue weighted by atomic mass is 10.1. The fourth-order valence-corrected chi connectivity index (χ4v) is 6.06. The zero-order chi connectivity index (χ0) is 27.3. The molecule has 0 aliphatic carbocycles. The molecule has 0 spiro atoms. The van der Waals surface area contributed by atoms with Gasteiger partial charge in [0.2, 0.25) is 10.0 Å². The van der Waals surface area contributed by atoms with Gasteiger partial charge in [-0.1, -0.05) is 54.1 Å². The van der Waals surface area contributed by atoms with Crippen LogP contribution in [-0.2, 0) is 27.5 Å². The third-order valence-corrected chi connectivity index (χ3v) is 8.56. The minimum absolute atomic E-state index is 0.0807. The van der Waals surface area contributed by atoms with Gasteiger partial charge >= 0.3 is 6.18 Å². The van der Waals surface area contributed by atoms with E-state index in [2.05, 4.69) is 4.90 Å². The van der Waals surface area contributed by atoms with Crippen molar-refractivity contribution in [2.24, 2.45) is 0 Å². The Morgan fingerprint density at radius 3 is 2.26 bits per heavy atom. The second-order valence-corrected chi connectivity index (χ2v) is 11.2. The quantitative estimate of drug-likeness (QED) is 0.364. The van der Waals surface area contributed by atoms with Crippen molar-refractivity contribution in [1.29, 1.82) is 0 Å². The molecule has 1 saturated heterocycles. The summed E-state index contributed by atoms with van der Waals surface area (Å²) >= 11 is 0. The van der Waals surface area contributed by atoms with Crippen LogP contribution in [0, 0.1) is 6.92 Å². The maximum Gasteiger partial charge on any atom is 0.417 e. The summed E-state index contributed by atoms with van der Waals surface area (Å²) in [5.41, 5.74) is 1.96. The molecule has 3 aromatic carbocycles. The minimum atomic E-state index is -4.76. The molecule has 10 heteroatoms. The van der Waals surface area contributed by atoms with Crippen LogP contribution in [0.15, 0.2) is 77.7 Å². The van der Waals surface area contributed by atoms with Crippen molar-refractivity contribution in [2.45, 2.75) is 30.7 Å². The van der Waals surface area contributed by atoms with Gasteiger partial charge in [-0.3, -0.25) is 4.90 Å². The number of hydrogen-bond acceptors (Lipinski definition) is 5. The minimum Gasteiger partial charge on any atom is -0.497 e. The van der Waals surface area contributed by atoms with E-state index in [1.54, 1.807) is 7.11 Å². The lowest BCUT2D eigenvalue weighted by molar-refractivity contribution is -0.139. The summed E-state index contributed by atoms with van der Waals surface area (Å²) in [6.07, 6.45) is -5.08. The van der Waals surface area contributed by atoms with Crippen molar-refractivity contribution in [3.63, 3.8) is 0 Å². The predicted octanol–water partition coefficient (Wildman–Crippen LogP) is 5.29. The number of halogens is 3. The van der Waals surface area contributed by atoms with E-state index < -0.39 is 26.7 Å². The van der Waals surface area contributed by atoms with Gasteiger partial charge in [-0.25, -0.2) is 8.42 Å². The molecule has 38 heavy (non-hydrogen) atoms. The summed E-state index contributed by atoms with van der Waals surface area (Å²) in [5.74, 6) is 0.700. The van der Waals surface area contributed by atoms with Crippen LogP contribution in [0.25, 0.3) is 0 Å². The fraction of sp³-hybridized carbons (Fsp3) is 0.357. The van der Waals surface area contributed by atoms with E-state index in [0.717, 1.165) is 33.1 Å². The molecule has 4 rings (SSSR count). The maximum atomic E-state index is 13.5. The van der Waals surface area contributed by atoms with Gasteiger partial charge in [0, 0.05) is 32.7 Å². The molecule has 0 N–H and O–H groups in total. The number of rotatable bonds is 9. The summed E-state index contributed by atoms with van der Waals surface area (Å²) < 4.78 is 79.5. The molecule has 0 amide bonds. The standard InChI is InChI=1S/C28H31F3N2O4S/c1-21-10-12-22(13-11-21)20-37-26(23-6-5-7-24(18-23)36-2)19-32-14-16-33(17-15-32)38(34,35)27-9-4-3-8-25(27)28(29,30)31/h3-13,18,26H,14-17,19-20H2,1-2H3/t26-/m0/s1. The average Bonchev–Trinajstić information content (AvgIpc) is 2.91. The largest absolute Gasteiger partial charge is 0.497 e. The smallest absolute Gasteiger partial charge is 0.417 e. The van der Waals surface area contributed by atoms with Crippen molar-refractivity contribution in [1.82, 2.24) is 9.21 Å². The van der Waals surface area contributed by atoms with E-state index in [9.17, 15) is 21.6 Å². The number of alkyl halides is 3. The Kier molecular flexibility index (Phi) is 8.77. The lowest BCUT2D eigenvalue weighted by Crippen LogP contribution is -2.49. The molecule has 0 radical (unpaired) electrons. The third kappa shape index (κ3) is 6.74. The molecule has 204 valence electrons. The first kappa shape index (κ1) is 28.1. The summed E-state index contributed by atoms with van der Waals surface area (Å²) in [6, 6.07) is 20.0. The lowest BCUT2D eigenvalue weighted by Gasteiger charge is -2.36. The highest BCUT2D eigenvalue weighted by Crippen LogP contribution is 2.35. The highest BCUT2D eigenvalue weighted by atomic mass is 32.2. The van der Waals surface area contributed by atoms with Gasteiger partial charge in [-0.2, -0.15) is 17.5 Å². The Hall–Kier alpha value is -2.92. The molecule has 3 aromatic rings. The van der Waals surface area contributed by atoms with Crippen molar-refractivity contribution in [3.8, 4) is 5.75 Å². The Morgan fingerprint density at radius 2 is 1.61 bits per heavy atom. The molecule has 0 saturated carbocycles. The van der Waals surface area contributed by atoms with Gasteiger partial charge < -0.3 is 9.47 Å². The van der Waals surface area contributed by atoms with Gasteiger partial charge in [-0.05, 0) is 42.3 Å². The number of aryl methyl sites for hydroxylation is 1. The summed E-state index contributed by atoms with van der Waals surface area (Å²) in [7, 11) is -2.70. The van der Waals surface area contributed by atoms with Crippen LogP contribution in [0.1, 0.15) is 28.4 Å².